The van der Waals surface area contributed by atoms with Crippen molar-refractivity contribution in [2.24, 2.45) is 0 Å². The number of anilines is 1. The third kappa shape index (κ3) is 4.61. The second kappa shape index (κ2) is 9.07. The van der Waals surface area contributed by atoms with E-state index in [1.807, 2.05) is 0 Å². The Labute approximate surface area is 189 Å². The lowest BCUT2D eigenvalue weighted by Gasteiger charge is -2.17. The van der Waals surface area contributed by atoms with Gasteiger partial charge in [-0.25, -0.2) is 22.5 Å². The molecule has 0 aliphatic carbocycles. The van der Waals surface area contributed by atoms with Crippen LogP contribution in [0.4, 0.5) is 23.2 Å². The maximum atomic E-state index is 14.6. The number of para-hydroxylation sites is 1. The Balaban J connectivity index is 1.73. The first kappa shape index (κ1) is 22.5. The summed E-state index contributed by atoms with van der Waals surface area (Å²) in [5.41, 5.74) is -0.450. The molecule has 3 aromatic carbocycles. The fraction of sp³-hybridized carbons (Fsp3) is 0.0870. The van der Waals surface area contributed by atoms with Crippen molar-refractivity contribution < 1.29 is 22.4 Å². The molecule has 168 valence electrons. The molecule has 5 nitrogen and oxygen atoms in total. The van der Waals surface area contributed by atoms with Gasteiger partial charge in [0.1, 0.15) is 11.6 Å². The SMILES string of the molecule is CC(Sc1nc2ccccc2c(=O)n1-c1ccc(F)cc1F)C(=O)Nc1ccc(F)c(F)c1. The minimum absolute atomic E-state index is 0.00264. The molecule has 33 heavy (non-hydrogen) atoms. The minimum atomic E-state index is -1.12. The number of benzene rings is 3. The van der Waals surface area contributed by atoms with E-state index in [0.29, 0.717) is 11.6 Å². The maximum Gasteiger partial charge on any atom is 0.266 e. The summed E-state index contributed by atoms with van der Waals surface area (Å²) < 4.78 is 55.5. The first-order valence-corrected chi connectivity index (χ1v) is 10.5. The molecule has 0 spiro atoms. The Morgan fingerprint density at radius 1 is 0.970 bits per heavy atom. The summed E-state index contributed by atoms with van der Waals surface area (Å²) in [5.74, 6) is -4.55. The highest BCUT2D eigenvalue weighted by molar-refractivity contribution is 8.00. The lowest BCUT2D eigenvalue weighted by atomic mass is 10.2. The van der Waals surface area contributed by atoms with Crippen LogP contribution < -0.4 is 10.9 Å². The third-order valence-electron chi connectivity index (χ3n) is 4.73. The molecule has 0 saturated heterocycles. The Hall–Kier alpha value is -3.66. The second-order valence-electron chi connectivity index (χ2n) is 7.03. The van der Waals surface area contributed by atoms with E-state index in [0.717, 1.165) is 40.6 Å². The zero-order chi connectivity index (χ0) is 23.7. The second-order valence-corrected chi connectivity index (χ2v) is 8.33. The van der Waals surface area contributed by atoms with Crippen LogP contribution in [-0.4, -0.2) is 20.7 Å². The summed E-state index contributed by atoms with van der Waals surface area (Å²) in [6, 6.07) is 12.1. The van der Waals surface area contributed by atoms with Crippen molar-refractivity contribution in [1.29, 1.82) is 0 Å². The van der Waals surface area contributed by atoms with E-state index in [2.05, 4.69) is 10.3 Å². The van der Waals surface area contributed by atoms with Gasteiger partial charge in [0, 0.05) is 17.8 Å². The standard InChI is InChI=1S/C23H15F4N3O2S/c1-12(21(31)28-14-7-8-16(25)17(26)11-14)33-23-29-19-5-3-2-4-15(19)22(32)30(23)20-9-6-13(24)10-18(20)27/h2-12H,1H3,(H,28,31). The average Bonchev–Trinajstić information content (AvgIpc) is 2.77. The van der Waals surface area contributed by atoms with Crippen molar-refractivity contribution in [1.82, 2.24) is 9.55 Å². The number of thioether (sulfide) groups is 1. The molecular formula is C23H15F4N3O2S. The van der Waals surface area contributed by atoms with Crippen LogP contribution in [-0.2, 0) is 4.79 Å². The molecule has 0 saturated carbocycles. The van der Waals surface area contributed by atoms with Crippen LogP contribution in [0.25, 0.3) is 16.6 Å². The predicted octanol–water partition coefficient (Wildman–Crippen LogP) is 5.06. The smallest absolute Gasteiger partial charge is 0.266 e. The Kier molecular flexibility index (Phi) is 6.19. The van der Waals surface area contributed by atoms with Gasteiger partial charge in [-0.3, -0.25) is 14.2 Å². The number of nitrogens with zero attached hydrogens (tertiary/aromatic N) is 2. The predicted molar refractivity (Wildman–Crippen MR) is 118 cm³/mol. The van der Waals surface area contributed by atoms with Gasteiger partial charge >= 0.3 is 0 Å². The van der Waals surface area contributed by atoms with E-state index < -0.39 is 40.0 Å². The van der Waals surface area contributed by atoms with E-state index in [-0.39, 0.29) is 21.9 Å². The molecular weight excluding hydrogens is 458 g/mol. The minimum Gasteiger partial charge on any atom is -0.325 e. The number of rotatable bonds is 5. The molecule has 4 aromatic rings. The van der Waals surface area contributed by atoms with Gasteiger partial charge in [-0.15, -0.1) is 0 Å². The molecule has 1 amide bonds. The number of hydrogen-bond acceptors (Lipinski definition) is 4. The van der Waals surface area contributed by atoms with E-state index >= 15 is 0 Å². The number of aromatic nitrogens is 2. The Morgan fingerprint density at radius 3 is 2.45 bits per heavy atom. The number of carbonyl (C=O) groups excluding carboxylic acids is 1. The number of nitrogens with one attached hydrogen (secondary N) is 1. The van der Waals surface area contributed by atoms with Crippen LogP contribution >= 0.6 is 11.8 Å². The highest BCUT2D eigenvalue weighted by atomic mass is 32.2. The van der Waals surface area contributed by atoms with Crippen molar-refractivity contribution >= 4 is 34.3 Å². The third-order valence-corrected chi connectivity index (χ3v) is 5.79. The molecule has 0 aliphatic rings. The molecule has 0 fully saturated rings. The first-order valence-electron chi connectivity index (χ1n) is 9.64. The van der Waals surface area contributed by atoms with Gasteiger partial charge in [-0.2, -0.15) is 0 Å². The van der Waals surface area contributed by atoms with Gasteiger partial charge in [0.2, 0.25) is 5.91 Å². The number of amides is 1. The summed E-state index contributed by atoms with van der Waals surface area (Å²) in [7, 11) is 0. The Morgan fingerprint density at radius 2 is 1.73 bits per heavy atom. The zero-order valence-corrected chi connectivity index (χ0v) is 17.8. The van der Waals surface area contributed by atoms with Crippen LogP contribution in [0.5, 0.6) is 0 Å². The molecule has 1 aromatic heterocycles. The number of carbonyl (C=O) groups is 1. The summed E-state index contributed by atoms with van der Waals surface area (Å²) in [6.45, 7) is 1.51. The molecule has 1 unspecified atom stereocenters. The van der Waals surface area contributed by atoms with Crippen LogP contribution in [0, 0.1) is 23.3 Å². The molecule has 0 aliphatic heterocycles. The number of halogens is 4. The van der Waals surface area contributed by atoms with Crippen molar-refractivity contribution in [3.63, 3.8) is 0 Å². The van der Waals surface area contributed by atoms with Crippen molar-refractivity contribution in [2.45, 2.75) is 17.3 Å². The zero-order valence-electron chi connectivity index (χ0n) is 17.0. The Bertz CT molecular complexity index is 1440. The van der Waals surface area contributed by atoms with Gasteiger partial charge in [0.15, 0.2) is 16.8 Å². The van der Waals surface area contributed by atoms with Gasteiger partial charge in [0.05, 0.1) is 21.8 Å². The number of fused-ring (bicyclic) bond motifs is 1. The molecule has 0 bridgehead atoms. The highest BCUT2D eigenvalue weighted by Crippen LogP contribution is 2.27. The van der Waals surface area contributed by atoms with Crippen LogP contribution in [0.2, 0.25) is 0 Å². The maximum absolute atomic E-state index is 14.6. The quantitative estimate of drug-likeness (QED) is 0.250. The summed E-state index contributed by atoms with van der Waals surface area (Å²) in [5, 5.41) is 1.79. The normalized spacial score (nSPS) is 12.0. The van der Waals surface area contributed by atoms with Gasteiger partial charge in [-0.1, -0.05) is 23.9 Å². The van der Waals surface area contributed by atoms with Gasteiger partial charge in [-0.05, 0) is 43.3 Å². The summed E-state index contributed by atoms with van der Waals surface area (Å²) >= 11 is 0.853. The van der Waals surface area contributed by atoms with Crippen LogP contribution in [0.3, 0.4) is 0 Å². The van der Waals surface area contributed by atoms with Crippen LogP contribution in [0.1, 0.15) is 6.92 Å². The fourth-order valence-corrected chi connectivity index (χ4v) is 4.02. The largest absolute Gasteiger partial charge is 0.325 e. The van der Waals surface area contributed by atoms with Crippen molar-refractivity contribution in [3.8, 4) is 5.69 Å². The molecule has 0 radical (unpaired) electrons. The van der Waals surface area contributed by atoms with Crippen molar-refractivity contribution in [3.05, 3.63) is 94.3 Å². The lowest BCUT2D eigenvalue weighted by molar-refractivity contribution is -0.115. The monoisotopic (exact) mass is 473 g/mol. The highest BCUT2D eigenvalue weighted by Gasteiger charge is 2.22. The molecule has 1 atom stereocenters. The summed E-state index contributed by atoms with van der Waals surface area (Å²) in [4.78, 5) is 30.2. The van der Waals surface area contributed by atoms with Crippen molar-refractivity contribution in [2.75, 3.05) is 5.32 Å². The van der Waals surface area contributed by atoms with E-state index in [4.69, 9.17) is 0 Å². The summed E-state index contributed by atoms with van der Waals surface area (Å²) in [6.07, 6.45) is 0. The average molecular weight is 473 g/mol. The molecule has 1 heterocycles. The molecule has 4 rings (SSSR count). The van der Waals surface area contributed by atoms with Gasteiger partial charge in [0.25, 0.3) is 5.56 Å². The lowest BCUT2D eigenvalue weighted by Crippen LogP contribution is -2.26. The molecule has 10 heteroatoms. The van der Waals surface area contributed by atoms with E-state index in [1.54, 1.807) is 18.2 Å². The fourth-order valence-electron chi connectivity index (χ4n) is 3.10. The number of hydrogen-bond donors (Lipinski definition) is 1. The first-order chi connectivity index (χ1) is 15.7. The van der Waals surface area contributed by atoms with E-state index in [9.17, 15) is 27.2 Å². The topological polar surface area (TPSA) is 64.0 Å². The molecule has 1 N–H and O–H groups in total. The van der Waals surface area contributed by atoms with Crippen LogP contribution in [0.15, 0.2) is 70.6 Å². The van der Waals surface area contributed by atoms with Gasteiger partial charge < -0.3 is 5.32 Å². The van der Waals surface area contributed by atoms with E-state index in [1.165, 1.54) is 19.1 Å².